The van der Waals surface area contributed by atoms with Gasteiger partial charge in [-0.15, -0.1) is 0 Å². The Morgan fingerprint density at radius 3 is 2.77 bits per heavy atom. The molecule has 0 fully saturated rings. The summed E-state index contributed by atoms with van der Waals surface area (Å²) < 4.78 is 0. The smallest absolute Gasteiger partial charge is 0.00858 e. The molecule has 1 aromatic carbocycles. The lowest BCUT2D eigenvalue weighted by Gasteiger charge is -2.05. The second-order valence-corrected chi connectivity index (χ2v) is 3.77. The van der Waals surface area contributed by atoms with Crippen LogP contribution in [0.15, 0.2) is 30.3 Å². The first-order chi connectivity index (χ1) is 6.24. The summed E-state index contributed by atoms with van der Waals surface area (Å²) in [6.07, 6.45) is 4.17. The fourth-order valence-corrected chi connectivity index (χ4v) is 1.32. The number of benzene rings is 1. The molecule has 0 nitrogen and oxygen atoms in total. The average molecular weight is 192 g/mol. The van der Waals surface area contributed by atoms with Crippen molar-refractivity contribution in [1.29, 1.82) is 0 Å². The predicted molar refractivity (Wildman–Crippen MR) is 63.4 cm³/mol. The van der Waals surface area contributed by atoms with Crippen LogP contribution >= 0.6 is 12.6 Å². The van der Waals surface area contributed by atoms with E-state index < -0.39 is 0 Å². The van der Waals surface area contributed by atoms with Crippen LogP contribution in [0, 0.1) is 0 Å². The van der Waals surface area contributed by atoms with Gasteiger partial charge in [-0.1, -0.05) is 50.3 Å². The summed E-state index contributed by atoms with van der Waals surface area (Å²) in [6, 6.07) is 8.62. The molecule has 0 spiro atoms. The van der Waals surface area contributed by atoms with Gasteiger partial charge >= 0.3 is 0 Å². The van der Waals surface area contributed by atoms with Gasteiger partial charge in [-0.05, 0) is 17.0 Å². The molecule has 0 heterocycles. The monoisotopic (exact) mass is 192 g/mol. The Bertz CT molecular complexity index is 287. The maximum absolute atomic E-state index is 4.13. The normalized spacial score (nSPS) is 11.4. The van der Waals surface area contributed by atoms with Crippen LogP contribution in [0.25, 0.3) is 6.08 Å². The Morgan fingerprint density at radius 1 is 1.38 bits per heavy atom. The third-order valence-electron chi connectivity index (χ3n) is 1.99. The van der Waals surface area contributed by atoms with Gasteiger partial charge in [-0.2, -0.15) is 12.6 Å². The van der Waals surface area contributed by atoms with Gasteiger partial charge in [0.15, 0.2) is 0 Å². The molecule has 70 valence electrons. The first kappa shape index (κ1) is 10.4. The highest BCUT2D eigenvalue weighted by atomic mass is 32.1. The van der Waals surface area contributed by atoms with E-state index in [1.54, 1.807) is 0 Å². The zero-order chi connectivity index (χ0) is 9.68. The van der Waals surface area contributed by atoms with Crippen molar-refractivity contribution in [3.8, 4) is 0 Å². The Morgan fingerprint density at radius 2 is 2.15 bits per heavy atom. The predicted octanol–water partition coefficient (Wildman–Crippen LogP) is 3.75. The van der Waals surface area contributed by atoms with Crippen LogP contribution in [0.1, 0.15) is 30.9 Å². The van der Waals surface area contributed by atoms with E-state index in [0.29, 0.717) is 5.92 Å². The van der Waals surface area contributed by atoms with E-state index in [0.717, 1.165) is 5.75 Å². The summed E-state index contributed by atoms with van der Waals surface area (Å²) >= 11 is 4.13. The van der Waals surface area contributed by atoms with E-state index in [1.165, 1.54) is 11.1 Å². The van der Waals surface area contributed by atoms with Gasteiger partial charge in [0.1, 0.15) is 0 Å². The molecule has 0 bridgehead atoms. The minimum atomic E-state index is 0.601. The van der Waals surface area contributed by atoms with Gasteiger partial charge in [0.25, 0.3) is 0 Å². The Labute approximate surface area is 86.1 Å². The van der Waals surface area contributed by atoms with Crippen molar-refractivity contribution >= 4 is 18.7 Å². The average Bonchev–Trinajstić information content (AvgIpc) is 2.15. The quantitative estimate of drug-likeness (QED) is 0.693. The maximum atomic E-state index is 4.13. The molecular weight excluding hydrogens is 176 g/mol. The van der Waals surface area contributed by atoms with E-state index in [4.69, 9.17) is 0 Å². The van der Waals surface area contributed by atoms with Gasteiger partial charge in [0.05, 0.1) is 0 Å². The van der Waals surface area contributed by atoms with E-state index >= 15 is 0 Å². The fraction of sp³-hybridized carbons (Fsp3) is 0.333. The highest BCUT2D eigenvalue weighted by molar-refractivity contribution is 7.80. The van der Waals surface area contributed by atoms with Crippen molar-refractivity contribution in [1.82, 2.24) is 0 Å². The van der Waals surface area contributed by atoms with Crippen LogP contribution in [0.2, 0.25) is 0 Å². The maximum Gasteiger partial charge on any atom is 0.00858 e. The van der Waals surface area contributed by atoms with E-state index in [2.05, 4.69) is 62.9 Å². The van der Waals surface area contributed by atoms with Gasteiger partial charge in [-0.25, -0.2) is 0 Å². The van der Waals surface area contributed by atoms with Gasteiger partial charge in [0, 0.05) is 5.75 Å². The van der Waals surface area contributed by atoms with E-state index in [-0.39, 0.29) is 0 Å². The summed E-state index contributed by atoms with van der Waals surface area (Å²) in [5.74, 6) is 1.40. The van der Waals surface area contributed by atoms with Crippen molar-refractivity contribution in [3.63, 3.8) is 0 Å². The highest BCUT2D eigenvalue weighted by Gasteiger charge is 1.97. The second kappa shape index (κ2) is 5.13. The van der Waals surface area contributed by atoms with Crippen LogP contribution in [0.5, 0.6) is 0 Å². The molecule has 0 amide bonds. The fourth-order valence-electron chi connectivity index (χ4n) is 1.21. The summed E-state index contributed by atoms with van der Waals surface area (Å²) in [7, 11) is 0. The van der Waals surface area contributed by atoms with Gasteiger partial charge in [-0.3, -0.25) is 0 Å². The largest absolute Gasteiger partial charge is 0.175 e. The van der Waals surface area contributed by atoms with Crippen molar-refractivity contribution in [3.05, 3.63) is 41.5 Å². The molecule has 0 N–H and O–H groups in total. The Balaban J connectivity index is 2.85. The molecule has 0 radical (unpaired) electrons. The molecule has 1 rings (SSSR count). The van der Waals surface area contributed by atoms with Gasteiger partial charge in [0.2, 0.25) is 0 Å². The van der Waals surface area contributed by atoms with Gasteiger partial charge < -0.3 is 0 Å². The minimum absolute atomic E-state index is 0.601. The summed E-state index contributed by atoms with van der Waals surface area (Å²) in [4.78, 5) is 0. The zero-order valence-corrected chi connectivity index (χ0v) is 9.09. The molecule has 1 aromatic rings. The standard InChI is InChI=1S/C12H16S/c1-10(2)12-7-3-5-11(9-12)6-4-8-13/h3-7,9-10,13H,8H2,1-2H3. The molecule has 0 saturated carbocycles. The van der Waals surface area contributed by atoms with E-state index in [9.17, 15) is 0 Å². The molecule has 0 atom stereocenters. The molecule has 0 aliphatic heterocycles. The first-order valence-electron chi connectivity index (χ1n) is 4.61. The SMILES string of the molecule is CC(C)c1cccc(C=CCS)c1. The second-order valence-electron chi connectivity index (χ2n) is 3.41. The van der Waals surface area contributed by atoms with Crippen LogP contribution in [-0.2, 0) is 0 Å². The molecule has 1 heteroatoms. The summed E-state index contributed by atoms with van der Waals surface area (Å²) in [5, 5.41) is 0. The number of rotatable bonds is 3. The number of hydrogen-bond donors (Lipinski definition) is 1. The molecule has 0 aliphatic carbocycles. The van der Waals surface area contributed by atoms with Crippen LogP contribution in [0.3, 0.4) is 0 Å². The third-order valence-corrected chi connectivity index (χ3v) is 2.20. The molecular formula is C12H16S. The topological polar surface area (TPSA) is 0 Å². The van der Waals surface area contributed by atoms with Crippen molar-refractivity contribution in [2.24, 2.45) is 0 Å². The van der Waals surface area contributed by atoms with Crippen molar-refractivity contribution < 1.29 is 0 Å². The van der Waals surface area contributed by atoms with Crippen LogP contribution < -0.4 is 0 Å². The lowest BCUT2D eigenvalue weighted by Crippen LogP contribution is -1.86. The van der Waals surface area contributed by atoms with Crippen molar-refractivity contribution in [2.45, 2.75) is 19.8 Å². The number of hydrogen-bond acceptors (Lipinski definition) is 1. The molecule has 13 heavy (non-hydrogen) atoms. The Kier molecular flexibility index (Phi) is 4.10. The molecule has 0 unspecified atom stereocenters. The minimum Gasteiger partial charge on any atom is -0.175 e. The lowest BCUT2D eigenvalue weighted by molar-refractivity contribution is 0.866. The molecule has 0 aromatic heterocycles. The van der Waals surface area contributed by atoms with Crippen LogP contribution in [0.4, 0.5) is 0 Å². The Hall–Kier alpha value is -0.690. The van der Waals surface area contributed by atoms with E-state index in [1.807, 2.05) is 0 Å². The number of thiol groups is 1. The highest BCUT2D eigenvalue weighted by Crippen LogP contribution is 2.16. The van der Waals surface area contributed by atoms with Crippen molar-refractivity contribution in [2.75, 3.05) is 5.75 Å². The molecule has 0 saturated heterocycles. The third kappa shape index (κ3) is 3.27. The summed E-state index contributed by atoms with van der Waals surface area (Å²) in [6.45, 7) is 4.42. The van der Waals surface area contributed by atoms with Crippen LogP contribution in [-0.4, -0.2) is 5.75 Å². The molecule has 0 aliphatic rings. The zero-order valence-electron chi connectivity index (χ0n) is 8.20. The lowest BCUT2D eigenvalue weighted by atomic mass is 10.0. The summed E-state index contributed by atoms with van der Waals surface area (Å²) in [5.41, 5.74) is 2.65. The first-order valence-corrected chi connectivity index (χ1v) is 5.24.